The van der Waals surface area contributed by atoms with E-state index in [9.17, 15) is 4.79 Å². The minimum absolute atomic E-state index is 0.176. The van der Waals surface area contributed by atoms with Gasteiger partial charge in [-0.05, 0) is 42.6 Å². The van der Waals surface area contributed by atoms with Crippen molar-refractivity contribution >= 4 is 6.09 Å². The topological polar surface area (TPSA) is 32.8 Å². The normalized spacial score (nSPS) is 25.1. The number of hydrogen-bond acceptors (Lipinski definition) is 3. The molecule has 1 aromatic rings. The summed E-state index contributed by atoms with van der Waals surface area (Å²) in [6.07, 6.45) is 5.12. The SMILES string of the molecule is CC(C)(C)[C@H]1CC[C@H](N2CCN(C(=O)OCc3ccccc3)CC2)CC1. The van der Waals surface area contributed by atoms with E-state index in [0.29, 0.717) is 18.1 Å². The first kappa shape index (κ1) is 19.2. The van der Waals surface area contributed by atoms with Gasteiger partial charge in [0.25, 0.3) is 0 Å². The number of amides is 1. The Morgan fingerprint density at radius 3 is 2.19 bits per heavy atom. The van der Waals surface area contributed by atoms with E-state index in [2.05, 4.69) is 25.7 Å². The van der Waals surface area contributed by atoms with Gasteiger partial charge in [0.15, 0.2) is 0 Å². The van der Waals surface area contributed by atoms with E-state index in [1.165, 1.54) is 25.7 Å². The van der Waals surface area contributed by atoms with Crippen LogP contribution in [0.4, 0.5) is 4.79 Å². The molecule has 1 amide bonds. The summed E-state index contributed by atoms with van der Waals surface area (Å²) in [6, 6.07) is 10.6. The minimum Gasteiger partial charge on any atom is -0.445 e. The van der Waals surface area contributed by atoms with E-state index < -0.39 is 0 Å². The second-order valence-electron chi connectivity index (χ2n) is 8.93. The smallest absolute Gasteiger partial charge is 0.410 e. The standard InChI is InChI=1S/C22H34N2O2/c1-22(2,3)19-9-11-20(12-10-19)23-13-15-24(16-14-23)21(25)26-17-18-7-5-4-6-8-18/h4-8,19-20H,9-17H2,1-3H3/t19-,20-. The highest BCUT2D eigenvalue weighted by Crippen LogP contribution is 2.39. The first-order valence-electron chi connectivity index (χ1n) is 10.1. The monoisotopic (exact) mass is 358 g/mol. The zero-order valence-electron chi connectivity index (χ0n) is 16.6. The molecule has 4 nitrogen and oxygen atoms in total. The molecule has 1 aliphatic heterocycles. The predicted octanol–water partition coefficient (Wildman–Crippen LogP) is 4.55. The zero-order chi connectivity index (χ0) is 18.6. The molecule has 144 valence electrons. The number of piperazine rings is 1. The fourth-order valence-electron chi connectivity index (χ4n) is 4.39. The third-order valence-electron chi connectivity index (χ3n) is 6.22. The molecule has 1 aliphatic carbocycles. The molecule has 0 spiro atoms. The number of rotatable bonds is 3. The Bertz CT molecular complexity index is 566. The second-order valence-corrected chi connectivity index (χ2v) is 8.93. The van der Waals surface area contributed by atoms with Crippen LogP contribution in [0, 0.1) is 11.3 Å². The fourth-order valence-corrected chi connectivity index (χ4v) is 4.39. The average Bonchev–Trinajstić information content (AvgIpc) is 2.66. The summed E-state index contributed by atoms with van der Waals surface area (Å²) in [5.74, 6) is 0.855. The molecule has 1 saturated heterocycles. The summed E-state index contributed by atoms with van der Waals surface area (Å²) in [5, 5.41) is 0. The molecule has 0 aromatic heterocycles. The van der Waals surface area contributed by atoms with Crippen molar-refractivity contribution in [1.82, 2.24) is 9.80 Å². The first-order chi connectivity index (χ1) is 12.4. The number of ether oxygens (including phenoxy) is 1. The van der Waals surface area contributed by atoms with Gasteiger partial charge in [0.2, 0.25) is 0 Å². The van der Waals surface area contributed by atoms with E-state index >= 15 is 0 Å². The lowest BCUT2D eigenvalue weighted by atomic mass is 9.71. The summed E-state index contributed by atoms with van der Waals surface area (Å²) in [6.45, 7) is 11.0. The molecule has 1 heterocycles. The van der Waals surface area contributed by atoms with Gasteiger partial charge in [-0.1, -0.05) is 51.1 Å². The number of benzene rings is 1. The van der Waals surface area contributed by atoms with Gasteiger partial charge in [0, 0.05) is 32.2 Å². The molecule has 0 unspecified atom stereocenters. The lowest BCUT2D eigenvalue weighted by Gasteiger charge is -2.44. The molecule has 2 fully saturated rings. The minimum atomic E-state index is -0.176. The van der Waals surface area contributed by atoms with E-state index in [1.54, 1.807) is 0 Å². The van der Waals surface area contributed by atoms with Crippen molar-refractivity contribution in [2.24, 2.45) is 11.3 Å². The molecule has 3 rings (SSSR count). The van der Waals surface area contributed by atoms with Crippen LogP contribution in [-0.2, 0) is 11.3 Å². The van der Waals surface area contributed by atoms with E-state index in [0.717, 1.165) is 37.7 Å². The Kier molecular flexibility index (Phi) is 6.23. The van der Waals surface area contributed by atoms with Crippen LogP contribution in [0.25, 0.3) is 0 Å². The lowest BCUT2D eigenvalue weighted by Crippen LogP contribution is -2.52. The molecule has 4 heteroatoms. The van der Waals surface area contributed by atoms with Gasteiger partial charge in [-0.25, -0.2) is 4.79 Å². The van der Waals surface area contributed by atoms with Crippen molar-refractivity contribution in [3.05, 3.63) is 35.9 Å². The molecule has 0 atom stereocenters. The maximum absolute atomic E-state index is 12.3. The summed E-state index contributed by atoms with van der Waals surface area (Å²) >= 11 is 0. The number of carbonyl (C=O) groups excluding carboxylic acids is 1. The summed E-state index contributed by atoms with van der Waals surface area (Å²) in [5.41, 5.74) is 1.47. The Morgan fingerprint density at radius 1 is 1.00 bits per heavy atom. The van der Waals surface area contributed by atoms with Crippen LogP contribution in [0.15, 0.2) is 30.3 Å². The van der Waals surface area contributed by atoms with E-state index in [1.807, 2.05) is 35.2 Å². The third kappa shape index (κ3) is 5.00. The van der Waals surface area contributed by atoms with Crippen LogP contribution in [0.5, 0.6) is 0 Å². The van der Waals surface area contributed by atoms with E-state index in [4.69, 9.17) is 4.74 Å². The quantitative estimate of drug-likeness (QED) is 0.795. The molecule has 26 heavy (non-hydrogen) atoms. The molecule has 0 N–H and O–H groups in total. The molecule has 1 saturated carbocycles. The molecule has 2 aliphatic rings. The van der Waals surface area contributed by atoms with E-state index in [-0.39, 0.29) is 6.09 Å². The number of nitrogens with zero attached hydrogens (tertiary/aromatic N) is 2. The Labute approximate surface area is 158 Å². The first-order valence-corrected chi connectivity index (χ1v) is 10.1. The Morgan fingerprint density at radius 2 is 1.62 bits per heavy atom. The van der Waals surface area contributed by atoms with Crippen LogP contribution in [-0.4, -0.2) is 48.1 Å². The van der Waals surface area contributed by atoms with Crippen molar-refractivity contribution in [2.45, 2.75) is 59.1 Å². The summed E-state index contributed by atoms with van der Waals surface area (Å²) < 4.78 is 5.47. The van der Waals surface area contributed by atoms with Gasteiger partial charge in [0.1, 0.15) is 6.61 Å². The molecule has 0 bridgehead atoms. The second kappa shape index (κ2) is 8.43. The number of hydrogen-bond donors (Lipinski definition) is 0. The van der Waals surface area contributed by atoms with Gasteiger partial charge >= 0.3 is 6.09 Å². The average molecular weight is 359 g/mol. The predicted molar refractivity (Wildman–Crippen MR) is 105 cm³/mol. The van der Waals surface area contributed by atoms with Gasteiger partial charge in [-0.3, -0.25) is 4.90 Å². The summed E-state index contributed by atoms with van der Waals surface area (Å²) in [7, 11) is 0. The van der Waals surface area contributed by atoms with Crippen LogP contribution in [0.2, 0.25) is 0 Å². The molecular weight excluding hydrogens is 324 g/mol. The largest absolute Gasteiger partial charge is 0.445 e. The Balaban J connectivity index is 1.39. The lowest BCUT2D eigenvalue weighted by molar-refractivity contribution is 0.0409. The highest BCUT2D eigenvalue weighted by molar-refractivity contribution is 5.67. The van der Waals surface area contributed by atoms with Crippen LogP contribution in [0.3, 0.4) is 0 Å². The van der Waals surface area contributed by atoms with Crippen LogP contribution < -0.4 is 0 Å². The van der Waals surface area contributed by atoms with Crippen molar-refractivity contribution in [2.75, 3.05) is 26.2 Å². The zero-order valence-corrected chi connectivity index (χ0v) is 16.6. The summed E-state index contributed by atoms with van der Waals surface area (Å²) in [4.78, 5) is 16.8. The van der Waals surface area contributed by atoms with Crippen molar-refractivity contribution in [3.8, 4) is 0 Å². The van der Waals surface area contributed by atoms with Gasteiger partial charge in [-0.15, -0.1) is 0 Å². The highest BCUT2D eigenvalue weighted by atomic mass is 16.6. The van der Waals surface area contributed by atoms with Crippen molar-refractivity contribution < 1.29 is 9.53 Å². The maximum Gasteiger partial charge on any atom is 0.410 e. The van der Waals surface area contributed by atoms with Gasteiger partial charge in [-0.2, -0.15) is 0 Å². The van der Waals surface area contributed by atoms with Crippen molar-refractivity contribution in [3.63, 3.8) is 0 Å². The van der Waals surface area contributed by atoms with Crippen LogP contribution in [0.1, 0.15) is 52.0 Å². The number of carbonyl (C=O) groups is 1. The van der Waals surface area contributed by atoms with Crippen LogP contribution >= 0.6 is 0 Å². The van der Waals surface area contributed by atoms with Gasteiger partial charge < -0.3 is 9.64 Å². The van der Waals surface area contributed by atoms with Gasteiger partial charge in [0.05, 0.1) is 0 Å². The highest BCUT2D eigenvalue weighted by Gasteiger charge is 2.33. The maximum atomic E-state index is 12.3. The molecule has 0 radical (unpaired) electrons. The van der Waals surface area contributed by atoms with Crippen molar-refractivity contribution in [1.29, 1.82) is 0 Å². The fraction of sp³-hybridized carbons (Fsp3) is 0.682. The Hall–Kier alpha value is -1.55. The third-order valence-corrected chi connectivity index (χ3v) is 6.22. The molecule has 1 aromatic carbocycles. The molecular formula is C22H34N2O2.